The van der Waals surface area contributed by atoms with E-state index in [0.29, 0.717) is 30.6 Å². The lowest BCUT2D eigenvalue weighted by atomic mass is 9.87. The summed E-state index contributed by atoms with van der Waals surface area (Å²) in [6.45, 7) is 6.97. The normalized spacial score (nSPS) is 19.5. The van der Waals surface area contributed by atoms with E-state index in [9.17, 15) is 13.2 Å². The molecule has 1 atom stereocenters. The molecule has 8 nitrogen and oxygen atoms in total. The van der Waals surface area contributed by atoms with Gasteiger partial charge in [-0.3, -0.25) is 0 Å². The van der Waals surface area contributed by atoms with Crippen molar-refractivity contribution in [3.8, 4) is 17.1 Å². The average molecular weight is 474 g/mol. The van der Waals surface area contributed by atoms with Crippen molar-refractivity contribution < 1.29 is 22.7 Å². The maximum atomic E-state index is 12.3. The summed E-state index contributed by atoms with van der Waals surface area (Å²) in [4.78, 5) is 23.6. The third-order valence-corrected chi connectivity index (χ3v) is 7.16. The van der Waals surface area contributed by atoms with E-state index in [1.165, 1.54) is 6.26 Å². The number of aryl methyl sites for hydroxylation is 1. The Kier molecular flexibility index (Phi) is 6.35. The van der Waals surface area contributed by atoms with Crippen molar-refractivity contribution in [3.63, 3.8) is 0 Å². The number of rotatable bonds is 3. The zero-order chi connectivity index (χ0) is 23.8. The first-order valence-electron chi connectivity index (χ1n) is 11.3. The number of nitrogens with zero attached hydrogens (tertiary/aromatic N) is 3. The van der Waals surface area contributed by atoms with Gasteiger partial charge in [0, 0.05) is 24.9 Å². The van der Waals surface area contributed by atoms with Gasteiger partial charge in [0.2, 0.25) is 5.88 Å². The standard InChI is InChI=1S/C24H31N3O5S/c1-24(2,3)32-23(28)27-13-11-17(12-14-27)21-10-9-19-22(31-21)25-15-20(26-19)16-5-7-18(8-6-16)33(4,29)30/h5-8,15,17,21H,9-14H2,1-4H3. The molecule has 2 aliphatic heterocycles. The summed E-state index contributed by atoms with van der Waals surface area (Å²) in [7, 11) is -3.23. The first-order chi connectivity index (χ1) is 15.5. The third-order valence-electron chi connectivity index (χ3n) is 6.03. The molecule has 1 unspecified atom stereocenters. The van der Waals surface area contributed by atoms with Gasteiger partial charge in [0.15, 0.2) is 9.84 Å². The number of aromatic nitrogens is 2. The zero-order valence-corrected chi connectivity index (χ0v) is 20.4. The van der Waals surface area contributed by atoms with Crippen LogP contribution < -0.4 is 4.74 Å². The molecule has 0 bridgehead atoms. The van der Waals surface area contributed by atoms with E-state index < -0.39 is 15.4 Å². The SMILES string of the molecule is CC(C)(C)OC(=O)N1CCC(C2CCc3nc(-c4ccc(S(C)(=O)=O)cc4)cnc3O2)CC1. The summed E-state index contributed by atoms with van der Waals surface area (Å²) in [6, 6.07) is 6.67. The molecule has 2 aromatic rings. The van der Waals surface area contributed by atoms with Crippen molar-refractivity contribution in [2.75, 3.05) is 19.3 Å². The molecule has 178 valence electrons. The lowest BCUT2D eigenvalue weighted by Crippen LogP contribution is -2.45. The Morgan fingerprint density at radius 2 is 1.79 bits per heavy atom. The van der Waals surface area contributed by atoms with Crippen molar-refractivity contribution in [1.29, 1.82) is 0 Å². The Hall–Kier alpha value is -2.68. The predicted molar refractivity (Wildman–Crippen MR) is 124 cm³/mol. The molecule has 33 heavy (non-hydrogen) atoms. The molecular formula is C24H31N3O5S. The summed E-state index contributed by atoms with van der Waals surface area (Å²) in [5, 5.41) is 0. The number of fused-ring (bicyclic) bond motifs is 1. The van der Waals surface area contributed by atoms with Crippen LogP contribution in [0.4, 0.5) is 4.79 Å². The third kappa shape index (κ3) is 5.63. The highest BCUT2D eigenvalue weighted by Crippen LogP contribution is 2.33. The number of amides is 1. The van der Waals surface area contributed by atoms with Crippen molar-refractivity contribution in [2.45, 2.75) is 63.1 Å². The van der Waals surface area contributed by atoms with Crippen molar-refractivity contribution in [2.24, 2.45) is 5.92 Å². The second-order valence-corrected chi connectivity index (χ2v) is 11.8. The predicted octanol–water partition coefficient (Wildman–Crippen LogP) is 3.89. The van der Waals surface area contributed by atoms with E-state index in [-0.39, 0.29) is 17.1 Å². The molecule has 0 aliphatic carbocycles. The lowest BCUT2D eigenvalue weighted by molar-refractivity contribution is 0.00817. The van der Waals surface area contributed by atoms with Gasteiger partial charge < -0.3 is 14.4 Å². The Bertz CT molecular complexity index is 1120. The Balaban J connectivity index is 1.38. The van der Waals surface area contributed by atoms with Crippen LogP contribution >= 0.6 is 0 Å². The van der Waals surface area contributed by atoms with E-state index in [4.69, 9.17) is 14.5 Å². The lowest BCUT2D eigenvalue weighted by Gasteiger charge is -2.37. The Morgan fingerprint density at radius 3 is 2.39 bits per heavy atom. The first kappa shape index (κ1) is 23.5. The van der Waals surface area contributed by atoms with Crippen LogP contribution in [0.1, 0.15) is 45.7 Å². The number of carbonyl (C=O) groups is 1. The first-order valence-corrected chi connectivity index (χ1v) is 13.2. The second kappa shape index (κ2) is 8.93. The molecule has 9 heteroatoms. The largest absolute Gasteiger partial charge is 0.473 e. The Labute approximate surface area is 195 Å². The van der Waals surface area contributed by atoms with Crippen LogP contribution in [0.2, 0.25) is 0 Å². The smallest absolute Gasteiger partial charge is 0.410 e. The monoisotopic (exact) mass is 473 g/mol. The van der Waals surface area contributed by atoms with Crippen LogP contribution in [0.15, 0.2) is 35.4 Å². The molecule has 4 rings (SSSR count). The fourth-order valence-electron chi connectivity index (χ4n) is 4.28. The van der Waals surface area contributed by atoms with Crippen LogP contribution in [0.25, 0.3) is 11.3 Å². The fourth-order valence-corrected chi connectivity index (χ4v) is 4.91. The molecule has 1 fully saturated rings. The maximum Gasteiger partial charge on any atom is 0.410 e. The molecule has 0 saturated carbocycles. The second-order valence-electron chi connectivity index (χ2n) is 9.80. The van der Waals surface area contributed by atoms with Gasteiger partial charge in [0.05, 0.1) is 16.8 Å². The molecule has 2 aliphatic rings. The summed E-state index contributed by atoms with van der Waals surface area (Å²) in [5.41, 5.74) is 1.84. The highest BCUT2D eigenvalue weighted by Gasteiger charge is 2.34. The molecule has 0 radical (unpaired) electrons. The van der Waals surface area contributed by atoms with Gasteiger partial charge in [0.1, 0.15) is 17.4 Å². The molecular weight excluding hydrogens is 442 g/mol. The van der Waals surface area contributed by atoms with Crippen molar-refractivity contribution >= 4 is 15.9 Å². The average Bonchev–Trinajstić information content (AvgIpc) is 2.77. The number of hydrogen-bond donors (Lipinski definition) is 0. The molecule has 1 aromatic heterocycles. The van der Waals surface area contributed by atoms with E-state index in [0.717, 1.165) is 36.9 Å². The highest BCUT2D eigenvalue weighted by atomic mass is 32.2. The number of sulfone groups is 1. The van der Waals surface area contributed by atoms with Gasteiger partial charge in [-0.15, -0.1) is 0 Å². The fraction of sp³-hybridized carbons (Fsp3) is 0.542. The summed E-state index contributed by atoms with van der Waals surface area (Å²) >= 11 is 0. The van der Waals surface area contributed by atoms with E-state index in [1.807, 2.05) is 20.8 Å². The van der Waals surface area contributed by atoms with Crippen LogP contribution in [0.5, 0.6) is 5.88 Å². The minimum absolute atomic E-state index is 0.0625. The molecule has 1 aromatic carbocycles. The van der Waals surface area contributed by atoms with Gasteiger partial charge in [-0.25, -0.2) is 23.2 Å². The van der Waals surface area contributed by atoms with Gasteiger partial charge in [-0.1, -0.05) is 12.1 Å². The maximum absolute atomic E-state index is 12.3. The van der Waals surface area contributed by atoms with Crippen molar-refractivity contribution in [1.82, 2.24) is 14.9 Å². The topological polar surface area (TPSA) is 98.7 Å². The summed E-state index contributed by atoms with van der Waals surface area (Å²) < 4.78 is 35.0. The number of likely N-dealkylation sites (tertiary alicyclic amines) is 1. The van der Waals surface area contributed by atoms with Crippen LogP contribution in [0.3, 0.4) is 0 Å². The van der Waals surface area contributed by atoms with Gasteiger partial charge in [0.25, 0.3) is 0 Å². The van der Waals surface area contributed by atoms with Crippen LogP contribution in [0, 0.1) is 5.92 Å². The zero-order valence-electron chi connectivity index (χ0n) is 19.6. The molecule has 1 saturated heterocycles. The Morgan fingerprint density at radius 1 is 1.12 bits per heavy atom. The minimum atomic E-state index is -3.23. The number of ether oxygens (including phenoxy) is 2. The van der Waals surface area contributed by atoms with Gasteiger partial charge in [-0.05, 0) is 64.5 Å². The number of hydrogen-bond acceptors (Lipinski definition) is 7. The number of benzene rings is 1. The summed E-state index contributed by atoms with van der Waals surface area (Å²) in [5.74, 6) is 0.930. The molecule has 3 heterocycles. The molecule has 0 N–H and O–H groups in total. The number of carbonyl (C=O) groups excluding carboxylic acids is 1. The van der Waals surface area contributed by atoms with E-state index in [1.54, 1.807) is 35.4 Å². The number of piperidine rings is 1. The van der Waals surface area contributed by atoms with Gasteiger partial charge >= 0.3 is 6.09 Å². The molecule has 0 spiro atoms. The van der Waals surface area contributed by atoms with Crippen LogP contribution in [-0.2, 0) is 21.0 Å². The molecule has 1 amide bonds. The summed E-state index contributed by atoms with van der Waals surface area (Å²) in [6.07, 6.45) is 6.04. The quantitative estimate of drug-likeness (QED) is 0.667. The van der Waals surface area contributed by atoms with Crippen molar-refractivity contribution in [3.05, 3.63) is 36.2 Å². The van der Waals surface area contributed by atoms with E-state index in [2.05, 4.69) is 4.98 Å². The van der Waals surface area contributed by atoms with E-state index >= 15 is 0 Å². The van der Waals surface area contributed by atoms with Gasteiger partial charge in [-0.2, -0.15) is 0 Å². The minimum Gasteiger partial charge on any atom is -0.473 e. The van der Waals surface area contributed by atoms with Crippen LogP contribution in [-0.4, -0.2) is 60.4 Å². The highest BCUT2D eigenvalue weighted by molar-refractivity contribution is 7.90.